The summed E-state index contributed by atoms with van der Waals surface area (Å²) >= 11 is 11.8. The van der Waals surface area contributed by atoms with Crippen LogP contribution in [0.15, 0.2) is 10.2 Å². The maximum absolute atomic E-state index is 5.90. The van der Waals surface area contributed by atoms with Crippen molar-refractivity contribution in [3.8, 4) is 0 Å². The van der Waals surface area contributed by atoms with E-state index in [4.69, 9.17) is 23.2 Å². The van der Waals surface area contributed by atoms with Crippen molar-refractivity contribution >= 4 is 23.2 Å². The van der Waals surface area contributed by atoms with Crippen molar-refractivity contribution in [1.82, 2.24) is 0 Å². The topological polar surface area (TPSA) is 24.7 Å². The molecule has 0 atom stereocenters. The predicted molar refractivity (Wildman–Crippen MR) is 54.5 cm³/mol. The van der Waals surface area contributed by atoms with Crippen molar-refractivity contribution in [1.29, 1.82) is 0 Å². The molecule has 0 aromatic rings. The molecule has 0 unspecified atom stereocenters. The molecule has 12 heavy (non-hydrogen) atoms. The number of nitrogens with zero attached hydrogens (tertiary/aromatic N) is 2. The highest BCUT2D eigenvalue weighted by Crippen LogP contribution is 2.15. The quantitative estimate of drug-likeness (QED) is 0.502. The Morgan fingerprint density at radius 2 is 1.08 bits per heavy atom. The molecule has 0 saturated carbocycles. The predicted octanol–water partition coefficient (Wildman–Crippen LogP) is 3.47. The standard InChI is InChI=1S/C8H16Cl2N2/c1-7(2,9)5-11-12-6-8(3,4)10/h5-6H2,1-4H3. The van der Waals surface area contributed by atoms with E-state index in [2.05, 4.69) is 10.2 Å². The number of alkyl halides is 2. The van der Waals surface area contributed by atoms with Crippen LogP contribution < -0.4 is 0 Å². The van der Waals surface area contributed by atoms with Gasteiger partial charge in [0.25, 0.3) is 0 Å². The molecule has 0 fully saturated rings. The van der Waals surface area contributed by atoms with Crippen molar-refractivity contribution in [3.63, 3.8) is 0 Å². The van der Waals surface area contributed by atoms with Gasteiger partial charge in [0, 0.05) is 0 Å². The third-order valence-corrected chi connectivity index (χ3v) is 1.23. The second-order valence-corrected chi connectivity index (χ2v) is 6.08. The maximum Gasteiger partial charge on any atom is 0.0785 e. The van der Waals surface area contributed by atoms with E-state index in [9.17, 15) is 0 Å². The van der Waals surface area contributed by atoms with Crippen LogP contribution in [0.3, 0.4) is 0 Å². The average Bonchev–Trinajstić information content (AvgIpc) is 1.76. The molecule has 0 bridgehead atoms. The van der Waals surface area contributed by atoms with Crippen LogP contribution >= 0.6 is 23.2 Å². The average molecular weight is 211 g/mol. The Morgan fingerprint density at radius 1 is 0.833 bits per heavy atom. The Hall–Kier alpha value is 0.180. The fourth-order valence-electron chi connectivity index (χ4n) is 0.436. The lowest BCUT2D eigenvalue weighted by Gasteiger charge is -2.12. The molecule has 0 radical (unpaired) electrons. The zero-order chi connectivity index (χ0) is 9.83. The molecule has 4 heteroatoms. The van der Waals surface area contributed by atoms with E-state index < -0.39 is 0 Å². The van der Waals surface area contributed by atoms with E-state index in [1.165, 1.54) is 0 Å². The largest absolute Gasteiger partial charge is 0.192 e. The van der Waals surface area contributed by atoms with Gasteiger partial charge in [0.05, 0.1) is 22.8 Å². The van der Waals surface area contributed by atoms with Gasteiger partial charge in [-0.25, -0.2) is 0 Å². The summed E-state index contributed by atoms with van der Waals surface area (Å²) in [5.74, 6) is 0. The lowest BCUT2D eigenvalue weighted by molar-refractivity contribution is 0.636. The van der Waals surface area contributed by atoms with Crippen LogP contribution in [-0.2, 0) is 0 Å². The molecule has 0 aliphatic rings. The van der Waals surface area contributed by atoms with E-state index in [1.54, 1.807) is 0 Å². The van der Waals surface area contributed by atoms with Crippen LogP contribution in [0.2, 0.25) is 0 Å². The molecule has 0 aliphatic carbocycles. The molecule has 0 saturated heterocycles. The van der Waals surface area contributed by atoms with Gasteiger partial charge < -0.3 is 0 Å². The Kier molecular flexibility index (Phi) is 4.49. The van der Waals surface area contributed by atoms with Gasteiger partial charge in [0.2, 0.25) is 0 Å². The van der Waals surface area contributed by atoms with E-state index in [0.717, 1.165) is 0 Å². The summed E-state index contributed by atoms with van der Waals surface area (Å²) in [4.78, 5) is -0.611. The molecule has 0 aromatic heterocycles. The molecule has 0 amide bonds. The van der Waals surface area contributed by atoms with Crippen LogP contribution in [0, 0.1) is 0 Å². The molecular weight excluding hydrogens is 195 g/mol. The molecule has 0 spiro atoms. The summed E-state index contributed by atoms with van der Waals surface area (Å²) in [6, 6.07) is 0. The SMILES string of the molecule is CC(C)(Cl)CN=NCC(C)(C)Cl. The lowest BCUT2D eigenvalue weighted by Crippen LogP contribution is -2.16. The zero-order valence-electron chi connectivity index (χ0n) is 8.06. The molecule has 2 nitrogen and oxygen atoms in total. The smallest absolute Gasteiger partial charge is 0.0785 e. The minimum atomic E-state index is -0.306. The first-order valence-electron chi connectivity index (χ1n) is 3.92. The van der Waals surface area contributed by atoms with E-state index in [-0.39, 0.29) is 9.75 Å². The van der Waals surface area contributed by atoms with Gasteiger partial charge >= 0.3 is 0 Å². The highest BCUT2D eigenvalue weighted by Gasteiger charge is 2.13. The maximum atomic E-state index is 5.90. The minimum Gasteiger partial charge on any atom is -0.192 e. The van der Waals surface area contributed by atoms with E-state index >= 15 is 0 Å². The van der Waals surface area contributed by atoms with Crippen molar-refractivity contribution in [2.45, 2.75) is 37.4 Å². The normalized spacial score (nSPS) is 14.2. The van der Waals surface area contributed by atoms with Crippen LogP contribution in [0.5, 0.6) is 0 Å². The van der Waals surface area contributed by atoms with Crippen LogP contribution in [0.4, 0.5) is 0 Å². The Morgan fingerprint density at radius 3 is 1.25 bits per heavy atom. The number of hydrogen-bond donors (Lipinski definition) is 0. The van der Waals surface area contributed by atoms with Gasteiger partial charge in [0.1, 0.15) is 0 Å². The summed E-state index contributed by atoms with van der Waals surface area (Å²) in [6.45, 7) is 8.67. The minimum absolute atomic E-state index is 0.306. The van der Waals surface area contributed by atoms with Gasteiger partial charge in [-0.15, -0.1) is 23.2 Å². The summed E-state index contributed by atoms with van der Waals surface area (Å²) in [5, 5.41) is 7.87. The highest BCUT2D eigenvalue weighted by atomic mass is 35.5. The summed E-state index contributed by atoms with van der Waals surface area (Å²) in [5.41, 5.74) is 0. The monoisotopic (exact) mass is 210 g/mol. The van der Waals surface area contributed by atoms with Crippen molar-refractivity contribution in [3.05, 3.63) is 0 Å². The molecular formula is C8H16Cl2N2. The zero-order valence-corrected chi connectivity index (χ0v) is 9.58. The molecule has 0 heterocycles. The molecule has 72 valence electrons. The highest BCUT2D eigenvalue weighted by molar-refractivity contribution is 6.23. The second kappa shape index (κ2) is 4.43. The lowest BCUT2D eigenvalue weighted by atomic mass is 10.2. The van der Waals surface area contributed by atoms with Crippen molar-refractivity contribution in [2.24, 2.45) is 10.2 Å². The van der Waals surface area contributed by atoms with Gasteiger partial charge in [-0.2, -0.15) is 10.2 Å². The number of hydrogen-bond acceptors (Lipinski definition) is 2. The van der Waals surface area contributed by atoms with Gasteiger partial charge in [-0.3, -0.25) is 0 Å². The summed E-state index contributed by atoms with van der Waals surface area (Å²) in [7, 11) is 0. The Balaban J connectivity index is 3.66. The van der Waals surface area contributed by atoms with Crippen LogP contribution in [0.25, 0.3) is 0 Å². The van der Waals surface area contributed by atoms with Gasteiger partial charge in [-0.1, -0.05) is 0 Å². The van der Waals surface area contributed by atoms with Gasteiger partial charge in [0.15, 0.2) is 0 Å². The van der Waals surface area contributed by atoms with E-state index in [1.807, 2.05) is 27.7 Å². The number of azo groups is 1. The fraction of sp³-hybridized carbons (Fsp3) is 1.00. The van der Waals surface area contributed by atoms with Crippen LogP contribution in [-0.4, -0.2) is 22.8 Å². The number of rotatable bonds is 4. The van der Waals surface area contributed by atoms with E-state index in [0.29, 0.717) is 13.1 Å². The second-order valence-electron chi connectivity index (χ2n) is 4.04. The molecule has 0 N–H and O–H groups in total. The van der Waals surface area contributed by atoms with Crippen molar-refractivity contribution < 1.29 is 0 Å². The van der Waals surface area contributed by atoms with Crippen LogP contribution in [0.1, 0.15) is 27.7 Å². The first-order valence-corrected chi connectivity index (χ1v) is 4.67. The van der Waals surface area contributed by atoms with Crippen molar-refractivity contribution in [2.75, 3.05) is 13.1 Å². The molecule has 0 aliphatic heterocycles. The Labute approximate surface area is 84.3 Å². The molecule has 0 rings (SSSR count). The molecule has 0 aromatic carbocycles. The summed E-state index contributed by atoms with van der Waals surface area (Å²) in [6.07, 6.45) is 0. The van der Waals surface area contributed by atoms with Gasteiger partial charge in [-0.05, 0) is 27.7 Å². The first-order chi connectivity index (χ1) is 5.21. The summed E-state index contributed by atoms with van der Waals surface area (Å²) < 4.78 is 0. The third-order valence-electron chi connectivity index (χ3n) is 0.993. The fourth-order valence-corrected chi connectivity index (χ4v) is 0.543. The third kappa shape index (κ3) is 10.2. The first kappa shape index (κ1) is 12.2. The Bertz CT molecular complexity index is 135. The number of halogens is 2.